The van der Waals surface area contributed by atoms with E-state index in [1.807, 2.05) is 0 Å². The van der Waals surface area contributed by atoms with Gasteiger partial charge in [0, 0.05) is 18.2 Å². The number of hydrogen-bond donors (Lipinski definition) is 2. The lowest BCUT2D eigenvalue weighted by Gasteiger charge is -2.38. The maximum absolute atomic E-state index is 12.5. The monoisotopic (exact) mass is 297 g/mol. The Hall–Kier alpha value is -2.82. The summed E-state index contributed by atoms with van der Waals surface area (Å²) in [6.45, 7) is 0. The molecule has 2 aromatic carbocycles. The topological polar surface area (TPSA) is 77.8 Å². The molecule has 1 amide bonds. The molecular formula is C17H15NO4. The number of phenols is 1. The Morgan fingerprint density at radius 3 is 2.27 bits per heavy atom. The first-order chi connectivity index (χ1) is 10.5. The first-order valence-corrected chi connectivity index (χ1v) is 6.89. The van der Waals surface area contributed by atoms with E-state index in [2.05, 4.69) is 0 Å². The minimum Gasteiger partial charge on any atom is -0.508 e. The SMILES string of the molecule is CN1C(=O)c2ccccc2[C@H](C(=O)O)[C@H]1c1ccccc1O. The summed E-state index contributed by atoms with van der Waals surface area (Å²) in [5.41, 5.74) is 1.30. The van der Waals surface area contributed by atoms with Crippen LogP contribution >= 0.6 is 0 Å². The van der Waals surface area contributed by atoms with Crippen molar-refractivity contribution in [2.24, 2.45) is 0 Å². The van der Waals surface area contributed by atoms with Gasteiger partial charge in [-0.3, -0.25) is 9.59 Å². The van der Waals surface area contributed by atoms with Gasteiger partial charge < -0.3 is 15.1 Å². The summed E-state index contributed by atoms with van der Waals surface area (Å²) in [7, 11) is 1.56. The number of carboxylic acids is 1. The van der Waals surface area contributed by atoms with Crippen LogP contribution in [0.5, 0.6) is 5.75 Å². The highest BCUT2D eigenvalue weighted by molar-refractivity contribution is 6.00. The van der Waals surface area contributed by atoms with Crippen molar-refractivity contribution >= 4 is 11.9 Å². The molecule has 0 unspecified atom stereocenters. The fourth-order valence-electron chi connectivity index (χ4n) is 3.07. The van der Waals surface area contributed by atoms with Crippen LogP contribution in [-0.4, -0.2) is 34.0 Å². The van der Waals surface area contributed by atoms with Crippen LogP contribution in [0.3, 0.4) is 0 Å². The smallest absolute Gasteiger partial charge is 0.313 e. The maximum atomic E-state index is 12.5. The van der Waals surface area contributed by atoms with Gasteiger partial charge in [0.2, 0.25) is 0 Å². The maximum Gasteiger partial charge on any atom is 0.313 e. The van der Waals surface area contributed by atoms with Crippen molar-refractivity contribution in [3.63, 3.8) is 0 Å². The Kier molecular flexibility index (Phi) is 3.33. The van der Waals surface area contributed by atoms with E-state index in [-0.39, 0.29) is 11.7 Å². The van der Waals surface area contributed by atoms with Crippen molar-refractivity contribution in [3.8, 4) is 5.75 Å². The summed E-state index contributed by atoms with van der Waals surface area (Å²) in [6, 6.07) is 12.5. The van der Waals surface area contributed by atoms with E-state index < -0.39 is 17.9 Å². The number of carboxylic acid groups (broad SMARTS) is 1. The third kappa shape index (κ3) is 2.02. The number of fused-ring (bicyclic) bond motifs is 1. The quantitative estimate of drug-likeness (QED) is 0.892. The van der Waals surface area contributed by atoms with Gasteiger partial charge >= 0.3 is 5.97 Å². The fourth-order valence-corrected chi connectivity index (χ4v) is 3.07. The molecule has 1 aliphatic heterocycles. The van der Waals surface area contributed by atoms with Crippen molar-refractivity contribution in [1.29, 1.82) is 0 Å². The van der Waals surface area contributed by atoms with Crippen LogP contribution in [-0.2, 0) is 4.79 Å². The van der Waals surface area contributed by atoms with E-state index in [0.717, 1.165) is 0 Å². The van der Waals surface area contributed by atoms with Crippen LogP contribution < -0.4 is 0 Å². The lowest BCUT2D eigenvalue weighted by Crippen LogP contribution is -2.42. The zero-order valence-electron chi connectivity index (χ0n) is 11.9. The van der Waals surface area contributed by atoms with Gasteiger partial charge in [-0.25, -0.2) is 0 Å². The van der Waals surface area contributed by atoms with Gasteiger partial charge in [-0.2, -0.15) is 0 Å². The van der Waals surface area contributed by atoms with Gasteiger partial charge in [-0.15, -0.1) is 0 Å². The number of nitrogens with zero attached hydrogens (tertiary/aromatic N) is 1. The minimum absolute atomic E-state index is 0.0159. The Labute approximate surface area is 127 Å². The number of carbonyl (C=O) groups is 2. The second kappa shape index (κ2) is 5.18. The summed E-state index contributed by atoms with van der Waals surface area (Å²) >= 11 is 0. The number of hydrogen-bond acceptors (Lipinski definition) is 3. The molecule has 0 saturated carbocycles. The lowest BCUT2D eigenvalue weighted by atomic mass is 9.80. The number of benzene rings is 2. The van der Waals surface area contributed by atoms with Crippen LogP contribution in [0, 0.1) is 0 Å². The molecule has 112 valence electrons. The van der Waals surface area contributed by atoms with E-state index in [1.165, 1.54) is 11.0 Å². The summed E-state index contributed by atoms with van der Waals surface area (Å²) < 4.78 is 0. The highest BCUT2D eigenvalue weighted by Gasteiger charge is 2.43. The third-order valence-corrected chi connectivity index (χ3v) is 4.10. The standard InChI is InChI=1S/C17H15NO4/c1-18-15(12-8-4-5-9-13(12)19)14(17(21)22)10-6-2-3-7-11(10)16(18)20/h2-9,14-15,19H,1H3,(H,21,22)/t14-,15+/m0/s1. The summed E-state index contributed by atoms with van der Waals surface area (Å²) in [5.74, 6) is -2.22. The second-order valence-corrected chi connectivity index (χ2v) is 5.32. The molecule has 5 heteroatoms. The zero-order valence-corrected chi connectivity index (χ0v) is 11.9. The molecule has 2 N–H and O–H groups in total. The Balaban J connectivity index is 2.24. The lowest BCUT2D eigenvalue weighted by molar-refractivity contribution is -0.140. The van der Waals surface area contributed by atoms with E-state index in [0.29, 0.717) is 16.7 Å². The molecule has 5 nitrogen and oxygen atoms in total. The summed E-state index contributed by atoms with van der Waals surface area (Å²) in [6.07, 6.45) is 0. The molecule has 2 atom stereocenters. The van der Waals surface area contributed by atoms with Crippen molar-refractivity contribution in [2.45, 2.75) is 12.0 Å². The van der Waals surface area contributed by atoms with Gasteiger partial charge in [-0.1, -0.05) is 36.4 Å². The Morgan fingerprint density at radius 1 is 1.05 bits per heavy atom. The molecule has 3 rings (SSSR count). The number of rotatable bonds is 2. The molecule has 0 aliphatic carbocycles. The number of amides is 1. The zero-order chi connectivity index (χ0) is 15.9. The molecule has 0 radical (unpaired) electrons. The van der Waals surface area contributed by atoms with Gasteiger partial charge in [0.25, 0.3) is 5.91 Å². The molecule has 1 heterocycles. The van der Waals surface area contributed by atoms with E-state index in [9.17, 15) is 19.8 Å². The number of aromatic hydroxyl groups is 1. The predicted molar refractivity (Wildman–Crippen MR) is 79.8 cm³/mol. The fraction of sp³-hybridized carbons (Fsp3) is 0.176. The second-order valence-electron chi connectivity index (χ2n) is 5.32. The molecule has 0 bridgehead atoms. The summed E-state index contributed by atoms with van der Waals surface area (Å²) in [5, 5.41) is 19.8. The minimum atomic E-state index is -1.03. The third-order valence-electron chi connectivity index (χ3n) is 4.10. The average molecular weight is 297 g/mol. The molecule has 0 spiro atoms. The number of phenolic OH excluding ortho intramolecular Hbond substituents is 1. The highest BCUT2D eigenvalue weighted by atomic mass is 16.4. The predicted octanol–water partition coefficient (Wildman–Crippen LogP) is 2.39. The highest BCUT2D eigenvalue weighted by Crippen LogP contribution is 2.44. The Morgan fingerprint density at radius 2 is 1.64 bits per heavy atom. The van der Waals surface area contributed by atoms with Crippen LogP contribution in [0.1, 0.15) is 33.4 Å². The molecule has 1 aliphatic rings. The van der Waals surface area contributed by atoms with E-state index >= 15 is 0 Å². The van der Waals surface area contributed by atoms with Crippen molar-refractivity contribution in [2.75, 3.05) is 7.05 Å². The van der Waals surface area contributed by atoms with Gasteiger partial charge in [0.05, 0.1) is 6.04 Å². The van der Waals surface area contributed by atoms with Crippen LogP contribution in [0.25, 0.3) is 0 Å². The van der Waals surface area contributed by atoms with Crippen LogP contribution in [0.15, 0.2) is 48.5 Å². The van der Waals surface area contributed by atoms with Crippen LogP contribution in [0.4, 0.5) is 0 Å². The molecule has 22 heavy (non-hydrogen) atoms. The van der Waals surface area contributed by atoms with E-state index in [1.54, 1.807) is 49.5 Å². The number of aliphatic carboxylic acids is 1. The first kappa shape index (κ1) is 14.1. The molecule has 0 fully saturated rings. The van der Waals surface area contributed by atoms with Crippen molar-refractivity contribution in [3.05, 3.63) is 65.2 Å². The van der Waals surface area contributed by atoms with Crippen molar-refractivity contribution < 1.29 is 19.8 Å². The molecule has 0 saturated heterocycles. The molecule has 0 aromatic heterocycles. The van der Waals surface area contributed by atoms with Crippen molar-refractivity contribution in [1.82, 2.24) is 4.90 Å². The summed E-state index contributed by atoms with van der Waals surface area (Å²) in [4.78, 5) is 25.8. The Bertz CT molecular complexity index is 756. The molecular weight excluding hydrogens is 282 g/mol. The van der Waals surface area contributed by atoms with Gasteiger partial charge in [0.1, 0.15) is 11.7 Å². The van der Waals surface area contributed by atoms with Crippen LogP contribution in [0.2, 0.25) is 0 Å². The van der Waals surface area contributed by atoms with Gasteiger partial charge in [-0.05, 0) is 17.7 Å². The average Bonchev–Trinajstić information content (AvgIpc) is 2.51. The number of likely N-dealkylation sites (N-methyl/N-ethyl adjacent to an activating group) is 1. The molecule has 2 aromatic rings. The largest absolute Gasteiger partial charge is 0.508 e. The first-order valence-electron chi connectivity index (χ1n) is 6.89. The van der Waals surface area contributed by atoms with E-state index in [4.69, 9.17) is 0 Å². The van der Waals surface area contributed by atoms with Gasteiger partial charge in [0.15, 0.2) is 0 Å². The normalized spacial score (nSPS) is 20.6. The number of carbonyl (C=O) groups excluding carboxylic acids is 1. The number of para-hydroxylation sites is 1.